The normalized spacial score (nSPS) is 38.9. The Balaban J connectivity index is 1.74. The van der Waals surface area contributed by atoms with Gasteiger partial charge in [0.2, 0.25) is 0 Å². The lowest BCUT2D eigenvalue weighted by molar-refractivity contribution is -0.177. The quantitative estimate of drug-likeness (QED) is 0.470. The van der Waals surface area contributed by atoms with E-state index in [9.17, 15) is 0 Å². The van der Waals surface area contributed by atoms with Crippen LogP contribution in [0, 0.1) is 11.8 Å². The van der Waals surface area contributed by atoms with Gasteiger partial charge >= 0.3 is 0 Å². The number of methoxy groups -OCH3 is 1. The molecule has 0 spiro atoms. The zero-order chi connectivity index (χ0) is 16.1. The molecule has 0 aliphatic carbocycles. The van der Waals surface area contributed by atoms with Crippen LogP contribution in [-0.2, 0) is 19.0 Å². The van der Waals surface area contributed by atoms with Gasteiger partial charge in [0.05, 0.1) is 25.4 Å². The second kappa shape index (κ2) is 8.66. The predicted molar refractivity (Wildman–Crippen MR) is 84.6 cm³/mol. The van der Waals surface area contributed by atoms with Crippen LogP contribution in [0.25, 0.3) is 0 Å². The summed E-state index contributed by atoms with van der Waals surface area (Å²) in [4.78, 5) is 5.79. The molecule has 2 saturated heterocycles. The van der Waals surface area contributed by atoms with Crippen molar-refractivity contribution in [1.82, 2.24) is 5.06 Å². The Bertz CT molecular complexity index is 340. The van der Waals surface area contributed by atoms with E-state index in [0.717, 1.165) is 19.4 Å². The van der Waals surface area contributed by atoms with Crippen LogP contribution in [-0.4, -0.2) is 85.4 Å². The Morgan fingerprint density at radius 1 is 1.09 bits per heavy atom. The molecule has 6 unspecified atom stereocenters. The fourth-order valence-corrected chi connectivity index (χ4v) is 3.22. The SMILES string of the molecule is [B]C1CC(CN(C)OCC2OC([B])CC2CN)C(COC)O1. The number of nitrogens with two attached hydrogens (primary N) is 1. The molecule has 0 aromatic carbocycles. The van der Waals surface area contributed by atoms with Gasteiger partial charge in [-0.15, -0.1) is 0 Å². The van der Waals surface area contributed by atoms with Crippen LogP contribution >= 0.6 is 0 Å². The molecule has 2 fully saturated rings. The van der Waals surface area contributed by atoms with E-state index in [0.29, 0.717) is 19.8 Å². The maximum Gasteiger partial charge on any atom is 0.109 e. The number of hydroxylamine groups is 2. The minimum Gasteiger partial charge on any atom is -0.382 e. The summed E-state index contributed by atoms with van der Waals surface area (Å²) in [6, 6.07) is -0.462. The molecular formula is C14H26B2N2O4. The molecule has 8 heteroatoms. The summed E-state index contributed by atoms with van der Waals surface area (Å²) >= 11 is 0. The summed E-state index contributed by atoms with van der Waals surface area (Å²) in [5, 5.41) is 1.81. The molecule has 2 N–H and O–H groups in total. The summed E-state index contributed by atoms with van der Waals surface area (Å²) in [6.07, 6.45) is 1.56. The van der Waals surface area contributed by atoms with Gasteiger partial charge in [0.25, 0.3) is 0 Å². The molecule has 0 bridgehead atoms. The molecule has 22 heavy (non-hydrogen) atoms. The van der Waals surface area contributed by atoms with Crippen LogP contribution in [0.3, 0.4) is 0 Å². The van der Waals surface area contributed by atoms with Gasteiger partial charge in [-0.3, -0.25) is 4.84 Å². The van der Waals surface area contributed by atoms with Gasteiger partial charge in [0, 0.05) is 44.5 Å². The van der Waals surface area contributed by atoms with Crippen LogP contribution in [0.4, 0.5) is 0 Å². The Hall–Kier alpha value is -0.110. The maximum atomic E-state index is 5.86. The topological polar surface area (TPSA) is 66.2 Å². The van der Waals surface area contributed by atoms with E-state index in [1.165, 1.54) is 0 Å². The number of hydrogen-bond acceptors (Lipinski definition) is 6. The van der Waals surface area contributed by atoms with Gasteiger partial charge < -0.3 is 19.9 Å². The molecule has 2 aliphatic rings. The van der Waals surface area contributed by atoms with Gasteiger partial charge in [0.1, 0.15) is 15.7 Å². The molecule has 122 valence electrons. The fraction of sp³-hybridized carbons (Fsp3) is 1.00. The molecule has 4 radical (unpaired) electrons. The largest absolute Gasteiger partial charge is 0.382 e. The van der Waals surface area contributed by atoms with Gasteiger partial charge in [-0.2, -0.15) is 5.06 Å². The number of nitrogens with zero attached hydrogens (tertiary/aromatic N) is 1. The Morgan fingerprint density at radius 3 is 2.27 bits per heavy atom. The molecule has 0 aromatic heterocycles. The van der Waals surface area contributed by atoms with Crippen LogP contribution < -0.4 is 5.73 Å². The monoisotopic (exact) mass is 308 g/mol. The van der Waals surface area contributed by atoms with E-state index >= 15 is 0 Å². The van der Waals surface area contributed by atoms with Crippen molar-refractivity contribution in [2.75, 3.05) is 40.5 Å². The third kappa shape index (κ3) is 4.94. The van der Waals surface area contributed by atoms with E-state index in [1.807, 2.05) is 12.1 Å². The zero-order valence-corrected chi connectivity index (χ0v) is 13.5. The lowest BCUT2D eigenvalue weighted by Crippen LogP contribution is -2.36. The minimum atomic E-state index is -0.236. The molecular weight excluding hydrogens is 282 g/mol. The third-order valence-corrected chi connectivity index (χ3v) is 4.41. The highest BCUT2D eigenvalue weighted by Crippen LogP contribution is 2.27. The number of rotatable bonds is 8. The van der Waals surface area contributed by atoms with Crippen LogP contribution in [0.15, 0.2) is 0 Å². The highest BCUT2D eigenvalue weighted by atomic mass is 16.7. The van der Waals surface area contributed by atoms with E-state index in [-0.39, 0.29) is 36.1 Å². The van der Waals surface area contributed by atoms with Crippen molar-refractivity contribution < 1.29 is 19.0 Å². The van der Waals surface area contributed by atoms with Gasteiger partial charge in [-0.05, 0) is 19.4 Å². The van der Waals surface area contributed by atoms with Crippen molar-refractivity contribution in [3.8, 4) is 0 Å². The molecule has 0 saturated carbocycles. The smallest absolute Gasteiger partial charge is 0.109 e. The average molecular weight is 308 g/mol. The van der Waals surface area contributed by atoms with E-state index in [1.54, 1.807) is 7.11 Å². The Morgan fingerprint density at radius 2 is 1.68 bits per heavy atom. The first kappa shape index (κ1) is 18.2. The highest BCUT2D eigenvalue weighted by Gasteiger charge is 2.35. The van der Waals surface area contributed by atoms with Crippen molar-refractivity contribution in [2.24, 2.45) is 17.6 Å². The lowest BCUT2D eigenvalue weighted by Gasteiger charge is -2.26. The standard InChI is InChI=1S/C14H26B2N2O4/c1-18(6-10-4-14(16)21-11(10)7-19-2)20-8-12-9(5-17)3-13(15)22-12/h9-14H,3-8,17H2,1-2H3. The summed E-state index contributed by atoms with van der Waals surface area (Å²) in [5.74, 6) is 0.546. The van der Waals surface area contributed by atoms with Gasteiger partial charge in [-0.1, -0.05) is 0 Å². The van der Waals surface area contributed by atoms with Crippen LogP contribution in [0.1, 0.15) is 12.8 Å². The summed E-state index contributed by atoms with van der Waals surface area (Å²) in [6.45, 7) is 2.29. The molecule has 2 aliphatic heterocycles. The first-order chi connectivity index (χ1) is 10.5. The number of hydrogen-bond donors (Lipinski definition) is 1. The molecule has 0 amide bonds. The number of ether oxygens (including phenoxy) is 3. The van der Waals surface area contributed by atoms with E-state index < -0.39 is 0 Å². The Kier molecular flexibility index (Phi) is 7.18. The lowest BCUT2D eigenvalue weighted by atomic mass is 9.91. The Labute approximate surface area is 135 Å². The second-order valence-corrected chi connectivity index (χ2v) is 6.21. The van der Waals surface area contributed by atoms with Crippen molar-refractivity contribution in [1.29, 1.82) is 0 Å². The molecule has 6 atom stereocenters. The summed E-state index contributed by atoms with van der Waals surface area (Å²) in [7, 11) is 15.2. The fourth-order valence-electron chi connectivity index (χ4n) is 3.22. The zero-order valence-electron chi connectivity index (χ0n) is 13.5. The highest BCUT2D eigenvalue weighted by molar-refractivity contribution is 6.11. The van der Waals surface area contributed by atoms with Crippen molar-refractivity contribution in [2.45, 2.75) is 37.1 Å². The first-order valence-electron chi connectivity index (χ1n) is 7.88. The van der Waals surface area contributed by atoms with E-state index in [2.05, 4.69) is 0 Å². The van der Waals surface area contributed by atoms with Crippen LogP contribution in [0.5, 0.6) is 0 Å². The minimum absolute atomic E-state index is 0.0130. The molecule has 2 heterocycles. The first-order valence-corrected chi connectivity index (χ1v) is 7.88. The van der Waals surface area contributed by atoms with Gasteiger partial charge in [-0.25, -0.2) is 0 Å². The van der Waals surface area contributed by atoms with Gasteiger partial charge in [0.15, 0.2) is 0 Å². The molecule has 2 rings (SSSR count). The predicted octanol–water partition coefficient (Wildman–Crippen LogP) is -0.746. The van der Waals surface area contributed by atoms with E-state index in [4.69, 9.17) is 40.5 Å². The maximum absolute atomic E-state index is 5.86. The van der Waals surface area contributed by atoms with Crippen molar-refractivity contribution in [3.05, 3.63) is 0 Å². The average Bonchev–Trinajstić information content (AvgIpc) is 3.00. The summed E-state index contributed by atoms with van der Waals surface area (Å²) < 4.78 is 16.5. The van der Waals surface area contributed by atoms with Crippen molar-refractivity contribution in [3.63, 3.8) is 0 Å². The molecule has 0 aromatic rings. The van der Waals surface area contributed by atoms with Crippen molar-refractivity contribution >= 4 is 15.7 Å². The molecule has 6 nitrogen and oxygen atoms in total. The van der Waals surface area contributed by atoms with Crippen LogP contribution in [0.2, 0.25) is 0 Å². The third-order valence-electron chi connectivity index (χ3n) is 4.41. The summed E-state index contributed by atoms with van der Waals surface area (Å²) in [5.41, 5.74) is 5.74. The second-order valence-electron chi connectivity index (χ2n) is 6.21.